The average molecular weight is 174 g/mol. The highest BCUT2D eigenvalue weighted by molar-refractivity contribution is 4.73. The lowest BCUT2D eigenvalue weighted by atomic mass is 10.0. The van der Waals surface area contributed by atoms with Gasteiger partial charge in [-0.1, -0.05) is 26.7 Å². The summed E-state index contributed by atoms with van der Waals surface area (Å²) in [6.45, 7) is 4.30. The molecule has 0 aromatic heterocycles. The molecule has 0 radical (unpaired) electrons. The molecule has 3 nitrogen and oxygen atoms in total. The molecule has 0 aromatic rings. The van der Waals surface area contributed by atoms with Gasteiger partial charge >= 0.3 is 0 Å². The second kappa shape index (κ2) is 7.53. The molecule has 0 aliphatic carbocycles. The minimum absolute atomic E-state index is 0.251. The van der Waals surface area contributed by atoms with Crippen molar-refractivity contribution in [2.24, 2.45) is 5.84 Å². The normalized spacial score (nSPS) is 16.0. The first-order chi connectivity index (χ1) is 5.79. The molecule has 0 aliphatic heterocycles. The Morgan fingerprint density at radius 2 is 2.08 bits per heavy atom. The zero-order valence-electron chi connectivity index (χ0n) is 8.47. The highest BCUT2D eigenvalue weighted by atomic mass is 16.5. The van der Waals surface area contributed by atoms with Gasteiger partial charge in [0, 0.05) is 13.2 Å². The Morgan fingerprint density at radius 3 is 2.42 bits per heavy atom. The smallest absolute Gasteiger partial charge is 0.0735 e. The Morgan fingerprint density at radius 1 is 1.42 bits per heavy atom. The molecule has 3 heteroatoms. The number of hydrogen-bond acceptors (Lipinski definition) is 3. The van der Waals surface area contributed by atoms with E-state index >= 15 is 0 Å². The van der Waals surface area contributed by atoms with Crippen LogP contribution in [0.5, 0.6) is 0 Å². The molecule has 0 aromatic carbocycles. The molecular formula is C9H22N2O. The third-order valence-electron chi connectivity index (χ3n) is 2.24. The van der Waals surface area contributed by atoms with Crippen molar-refractivity contribution in [2.75, 3.05) is 7.11 Å². The Labute approximate surface area is 75.6 Å². The van der Waals surface area contributed by atoms with Gasteiger partial charge in [-0.2, -0.15) is 0 Å². The molecule has 12 heavy (non-hydrogen) atoms. The first kappa shape index (κ1) is 11.9. The van der Waals surface area contributed by atoms with Crippen LogP contribution in [0, 0.1) is 0 Å². The van der Waals surface area contributed by atoms with Crippen LogP contribution in [-0.2, 0) is 4.74 Å². The van der Waals surface area contributed by atoms with Crippen molar-refractivity contribution >= 4 is 0 Å². The van der Waals surface area contributed by atoms with Gasteiger partial charge in [0.15, 0.2) is 0 Å². The predicted octanol–water partition coefficient (Wildman–Crippen LogP) is 1.43. The number of nitrogens with two attached hydrogens (primary N) is 1. The van der Waals surface area contributed by atoms with Gasteiger partial charge in [-0.25, -0.2) is 0 Å². The zero-order chi connectivity index (χ0) is 9.40. The number of hydrazine groups is 1. The molecule has 0 rings (SSSR count). The molecule has 0 amide bonds. The molecule has 0 saturated carbocycles. The van der Waals surface area contributed by atoms with Crippen molar-refractivity contribution in [3.8, 4) is 0 Å². The maximum Gasteiger partial charge on any atom is 0.0735 e. The summed E-state index contributed by atoms with van der Waals surface area (Å²) >= 11 is 0. The Hall–Kier alpha value is -0.120. The van der Waals surface area contributed by atoms with Crippen LogP contribution in [-0.4, -0.2) is 19.3 Å². The van der Waals surface area contributed by atoms with E-state index in [0.717, 1.165) is 12.8 Å². The van der Waals surface area contributed by atoms with Gasteiger partial charge in [0.2, 0.25) is 0 Å². The Balaban J connectivity index is 3.75. The van der Waals surface area contributed by atoms with Crippen molar-refractivity contribution in [2.45, 2.75) is 51.7 Å². The number of hydrogen-bond donors (Lipinski definition) is 2. The monoisotopic (exact) mass is 174 g/mol. The van der Waals surface area contributed by atoms with Crippen molar-refractivity contribution in [1.82, 2.24) is 5.43 Å². The first-order valence-electron chi connectivity index (χ1n) is 4.79. The number of unbranched alkanes of at least 4 members (excludes halogenated alkanes) is 1. The van der Waals surface area contributed by atoms with Crippen LogP contribution in [0.2, 0.25) is 0 Å². The SMILES string of the molecule is CCCCC(NN)C(CC)OC. The second-order valence-corrected chi connectivity index (χ2v) is 3.10. The van der Waals surface area contributed by atoms with E-state index < -0.39 is 0 Å². The molecule has 3 N–H and O–H groups in total. The maximum atomic E-state index is 5.44. The van der Waals surface area contributed by atoms with Crippen LogP contribution in [0.3, 0.4) is 0 Å². The number of nitrogens with one attached hydrogen (secondary N) is 1. The van der Waals surface area contributed by atoms with Crippen LogP contribution < -0.4 is 11.3 Å². The standard InChI is InChI=1S/C9H22N2O/c1-4-6-7-8(11-10)9(5-2)12-3/h8-9,11H,4-7,10H2,1-3H3. The maximum absolute atomic E-state index is 5.44. The van der Waals surface area contributed by atoms with Crippen LogP contribution in [0.1, 0.15) is 39.5 Å². The van der Waals surface area contributed by atoms with Crippen LogP contribution in [0.4, 0.5) is 0 Å². The predicted molar refractivity (Wildman–Crippen MR) is 51.7 cm³/mol. The van der Waals surface area contributed by atoms with Crippen molar-refractivity contribution in [3.05, 3.63) is 0 Å². The molecule has 0 fully saturated rings. The number of rotatable bonds is 7. The summed E-state index contributed by atoms with van der Waals surface area (Å²) in [5.41, 5.74) is 2.81. The Kier molecular flexibility index (Phi) is 7.45. The van der Waals surface area contributed by atoms with E-state index in [1.165, 1.54) is 12.8 Å². The summed E-state index contributed by atoms with van der Waals surface area (Å²) in [5, 5.41) is 0. The van der Waals surface area contributed by atoms with Gasteiger partial charge in [-0.15, -0.1) is 0 Å². The summed E-state index contributed by atoms with van der Waals surface area (Å²) in [6.07, 6.45) is 4.77. The fraction of sp³-hybridized carbons (Fsp3) is 1.00. The van der Waals surface area contributed by atoms with Gasteiger partial charge < -0.3 is 4.74 Å². The molecule has 0 spiro atoms. The summed E-state index contributed by atoms with van der Waals surface area (Å²) in [4.78, 5) is 0. The lowest BCUT2D eigenvalue weighted by Gasteiger charge is -2.23. The molecule has 0 saturated heterocycles. The van der Waals surface area contributed by atoms with Crippen LogP contribution >= 0.6 is 0 Å². The molecule has 0 aliphatic rings. The minimum atomic E-state index is 0.251. The van der Waals surface area contributed by atoms with E-state index in [9.17, 15) is 0 Å². The van der Waals surface area contributed by atoms with E-state index in [-0.39, 0.29) is 6.10 Å². The van der Waals surface area contributed by atoms with Gasteiger partial charge in [0.05, 0.1) is 6.10 Å². The summed E-state index contributed by atoms with van der Waals surface area (Å²) in [6, 6.07) is 0.306. The van der Waals surface area contributed by atoms with Crippen molar-refractivity contribution in [3.63, 3.8) is 0 Å². The third kappa shape index (κ3) is 4.04. The lowest BCUT2D eigenvalue weighted by molar-refractivity contribution is 0.0618. The highest BCUT2D eigenvalue weighted by Gasteiger charge is 2.16. The van der Waals surface area contributed by atoms with Crippen LogP contribution in [0.15, 0.2) is 0 Å². The van der Waals surface area contributed by atoms with E-state index in [1.54, 1.807) is 7.11 Å². The minimum Gasteiger partial charge on any atom is -0.380 e. The topological polar surface area (TPSA) is 47.3 Å². The Bertz CT molecular complexity index is 94.5. The van der Waals surface area contributed by atoms with Gasteiger partial charge in [-0.3, -0.25) is 11.3 Å². The fourth-order valence-corrected chi connectivity index (χ4v) is 1.42. The molecule has 2 atom stereocenters. The molecular weight excluding hydrogens is 152 g/mol. The molecule has 0 bridgehead atoms. The number of ether oxygens (including phenoxy) is 1. The van der Waals surface area contributed by atoms with E-state index in [1.807, 2.05) is 0 Å². The number of methoxy groups -OCH3 is 1. The third-order valence-corrected chi connectivity index (χ3v) is 2.24. The van der Waals surface area contributed by atoms with Crippen molar-refractivity contribution in [1.29, 1.82) is 0 Å². The zero-order valence-corrected chi connectivity index (χ0v) is 8.47. The summed E-state index contributed by atoms with van der Waals surface area (Å²) < 4.78 is 5.31. The summed E-state index contributed by atoms with van der Waals surface area (Å²) in [5.74, 6) is 5.44. The van der Waals surface area contributed by atoms with Crippen LogP contribution in [0.25, 0.3) is 0 Å². The van der Waals surface area contributed by atoms with Gasteiger partial charge in [0.1, 0.15) is 0 Å². The van der Waals surface area contributed by atoms with Gasteiger partial charge in [0.25, 0.3) is 0 Å². The van der Waals surface area contributed by atoms with E-state index in [2.05, 4.69) is 19.3 Å². The van der Waals surface area contributed by atoms with E-state index in [0.29, 0.717) is 6.04 Å². The molecule has 2 unspecified atom stereocenters. The van der Waals surface area contributed by atoms with E-state index in [4.69, 9.17) is 10.6 Å². The average Bonchev–Trinajstić information content (AvgIpc) is 2.12. The highest BCUT2D eigenvalue weighted by Crippen LogP contribution is 2.09. The summed E-state index contributed by atoms with van der Waals surface area (Å²) in [7, 11) is 1.74. The first-order valence-corrected chi connectivity index (χ1v) is 4.79. The molecule has 74 valence electrons. The molecule has 0 heterocycles. The lowest BCUT2D eigenvalue weighted by Crippen LogP contribution is -2.44. The fourth-order valence-electron chi connectivity index (χ4n) is 1.42. The van der Waals surface area contributed by atoms with Gasteiger partial charge in [-0.05, 0) is 12.8 Å². The second-order valence-electron chi connectivity index (χ2n) is 3.10. The largest absolute Gasteiger partial charge is 0.380 e. The van der Waals surface area contributed by atoms with Crippen molar-refractivity contribution < 1.29 is 4.74 Å². The quantitative estimate of drug-likeness (QED) is 0.453.